The van der Waals surface area contributed by atoms with Gasteiger partial charge in [0.1, 0.15) is 0 Å². The number of hydrogen-bond acceptors (Lipinski definition) is 6. The number of oxazole rings is 1. The Balaban J connectivity index is 1.79. The van der Waals surface area contributed by atoms with Gasteiger partial charge in [0.05, 0.1) is 23.4 Å². The predicted octanol–water partition coefficient (Wildman–Crippen LogP) is 6.23. The van der Waals surface area contributed by atoms with Crippen LogP contribution in [0.5, 0.6) is 0 Å². The molecule has 198 valence electrons. The fourth-order valence-electron chi connectivity index (χ4n) is 4.32. The molecule has 2 aromatic carbocycles. The van der Waals surface area contributed by atoms with Gasteiger partial charge in [-0.3, -0.25) is 0 Å². The zero-order valence-corrected chi connectivity index (χ0v) is 19.9. The standard InChI is InChI=1S/C24H19ClF6N2O4/c1-11-14(10-18-19(21(34)36-2)37-20(33-18)13-5-3-4-6-16(13)25)15-9-12(7-8-17(15)32-11)22(35,23(26,27)28)24(29,30)31/h3-9,11,14,32,35H,10H2,1-2H3. The molecule has 3 aromatic rings. The highest BCUT2D eigenvalue weighted by atomic mass is 35.5. The molecule has 0 spiro atoms. The molecule has 0 aliphatic carbocycles. The van der Waals surface area contributed by atoms with E-state index < -0.39 is 41.4 Å². The number of aliphatic hydroxyl groups is 1. The average Bonchev–Trinajstić information content (AvgIpc) is 3.37. The van der Waals surface area contributed by atoms with Gasteiger partial charge in [0.25, 0.3) is 5.60 Å². The summed E-state index contributed by atoms with van der Waals surface area (Å²) < 4.78 is 91.2. The van der Waals surface area contributed by atoms with E-state index in [9.17, 15) is 36.2 Å². The van der Waals surface area contributed by atoms with Gasteiger partial charge < -0.3 is 19.6 Å². The van der Waals surface area contributed by atoms with E-state index in [0.29, 0.717) is 17.7 Å². The minimum Gasteiger partial charge on any atom is -0.463 e. The third-order valence-electron chi connectivity index (χ3n) is 6.26. The number of benzene rings is 2. The topological polar surface area (TPSA) is 84.6 Å². The summed E-state index contributed by atoms with van der Waals surface area (Å²) in [5.41, 5.74) is -5.66. The molecular formula is C24H19ClF6N2O4. The van der Waals surface area contributed by atoms with E-state index in [1.807, 2.05) is 0 Å². The fraction of sp³-hybridized carbons (Fsp3) is 0.333. The first-order valence-corrected chi connectivity index (χ1v) is 11.2. The lowest BCUT2D eigenvalue weighted by atomic mass is 9.85. The van der Waals surface area contributed by atoms with Crippen molar-refractivity contribution in [2.45, 2.75) is 43.3 Å². The molecule has 1 aliphatic rings. The number of rotatable bonds is 5. The maximum Gasteiger partial charge on any atom is 0.430 e. The van der Waals surface area contributed by atoms with E-state index in [1.54, 1.807) is 31.2 Å². The smallest absolute Gasteiger partial charge is 0.430 e. The van der Waals surface area contributed by atoms with Crippen LogP contribution in [0.15, 0.2) is 46.9 Å². The summed E-state index contributed by atoms with van der Waals surface area (Å²) in [7, 11) is 1.11. The van der Waals surface area contributed by atoms with Gasteiger partial charge in [0.2, 0.25) is 11.7 Å². The molecule has 2 heterocycles. The number of carbonyl (C=O) groups is 1. The molecular weight excluding hydrogens is 530 g/mol. The van der Waals surface area contributed by atoms with Crippen LogP contribution in [0.1, 0.15) is 40.2 Å². The summed E-state index contributed by atoms with van der Waals surface area (Å²) in [6.45, 7) is 1.66. The number of fused-ring (bicyclic) bond motifs is 1. The number of ether oxygens (including phenoxy) is 1. The normalized spacial score (nSPS) is 17.9. The summed E-state index contributed by atoms with van der Waals surface area (Å²) in [6.07, 6.45) is -12.2. The van der Waals surface area contributed by atoms with E-state index in [0.717, 1.165) is 13.2 Å². The lowest BCUT2D eigenvalue weighted by Gasteiger charge is -2.33. The maximum absolute atomic E-state index is 13.5. The Morgan fingerprint density at radius 1 is 1.14 bits per heavy atom. The Bertz CT molecular complexity index is 1320. The third kappa shape index (κ3) is 4.52. The largest absolute Gasteiger partial charge is 0.463 e. The molecule has 0 saturated heterocycles. The molecule has 0 bridgehead atoms. The van der Waals surface area contributed by atoms with E-state index >= 15 is 0 Å². The number of aromatic nitrogens is 1. The Labute approximate surface area is 211 Å². The van der Waals surface area contributed by atoms with Crippen LogP contribution in [0, 0.1) is 0 Å². The Morgan fingerprint density at radius 2 is 1.78 bits per heavy atom. The summed E-state index contributed by atoms with van der Waals surface area (Å²) >= 11 is 6.19. The van der Waals surface area contributed by atoms with Crippen molar-refractivity contribution in [1.29, 1.82) is 0 Å². The number of nitrogens with one attached hydrogen (secondary N) is 1. The monoisotopic (exact) mass is 548 g/mol. The summed E-state index contributed by atoms with van der Waals surface area (Å²) in [4.78, 5) is 16.7. The number of halogens is 7. The highest BCUT2D eigenvalue weighted by Crippen LogP contribution is 2.51. The van der Waals surface area contributed by atoms with E-state index in [1.165, 1.54) is 0 Å². The van der Waals surface area contributed by atoms with Crippen LogP contribution >= 0.6 is 11.6 Å². The fourth-order valence-corrected chi connectivity index (χ4v) is 4.53. The molecule has 1 aromatic heterocycles. The van der Waals surface area contributed by atoms with Crippen molar-refractivity contribution in [2.75, 3.05) is 12.4 Å². The lowest BCUT2D eigenvalue weighted by Crippen LogP contribution is -2.53. The number of nitrogens with zero attached hydrogens (tertiary/aromatic N) is 1. The van der Waals surface area contributed by atoms with Gasteiger partial charge in [-0.05, 0) is 36.8 Å². The molecule has 2 atom stereocenters. The lowest BCUT2D eigenvalue weighted by molar-refractivity contribution is -0.376. The van der Waals surface area contributed by atoms with Crippen LogP contribution in [0.2, 0.25) is 5.02 Å². The maximum atomic E-state index is 13.5. The van der Waals surface area contributed by atoms with Gasteiger partial charge in [-0.1, -0.05) is 29.8 Å². The molecule has 0 saturated carbocycles. The Kier molecular flexibility index (Phi) is 6.70. The molecule has 4 rings (SSSR count). The quantitative estimate of drug-likeness (QED) is 0.290. The Morgan fingerprint density at radius 3 is 2.38 bits per heavy atom. The molecule has 0 amide bonds. The van der Waals surface area contributed by atoms with Crippen molar-refractivity contribution in [3.8, 4) is 11.5 Å². The van der Waals surface area contributed by atoms with Gasteiger partial charge >= 0.3 is 18.3 Å². The Hall–Kier alpha value is -3.25. The van der Waals surface area contributed by atoms with Crippen LogP contribution in [-0.2, 0) is 16.8 Å². The van der Waals surface area contributed by atoms with Crippen molar-refractivity contribution in [2.24, 2.45) is 0 Å². The van der Waals surface area contributed by atoms with E-state index in [-0.39, 0.29) is 40.0 Å². The number of carbonyl (C=O) groups excluding carboxylic acids is 1. The minimum atomic E-state index is -6.03. The summed E-state index contributed by atoms with van der Waals surface area (Å²) in [6, 6.07) is 8.30. The zero-order valence-electron chi connectivity index (χ0n) is 19.2. The molecule has 0 fully saturated rings. The van der Waals surface area contributed by atoms with Crippen molar-refractivity contribution < 1.29 is 45.4 Å². The number of methoxy groups -OCH3 is 1. The summed E-state index contributed by atoms with van der Waals surface area (Å²) in [5.74, 6) is -1.92. The molecule has 2 N–H and O–H groups in total. The van der Waals surface area contributed by atoms with E-state index in [2.05, 4.69) is 10.3 Å². The van der Waals surface area contributed by atoms with Gasteiger partial charge in [0.15, 0.2) is 0 Å². The first-order valence-electron chi connectivity index (χ1n) is 10.8. The zero-order chi connectivity index (χ0) is 27.3. The number of esters is 1. The van der Waals surface area contributed by atoms with E-state index in [4.69, 9.17) is 20.8 Å². The molecule has 1 aliphatic heterocycles. The highest BCUT2D eigenvalue weighted by molar-refractivity contribution is 6.33. The van der Waals surface area contributed by atoms with Crippen LogP contribution < -0.4 is 5.32 Å². The number of anilines is 1. The minimum absolute atomic E-state index is 0.0166. The molecule has 13 heteroatoms. The second-order valence-corrected chi connectivity index (χ2v) is 8.93. The van der Waals surface area contributed by atoms with Gasteiger partial charge in [-0.2, -0.15) is 26.3 Å². The molecule has 37 heavy (non-hydrogen) atoms. The van der Waals surface area contributed by atoms with Crippen LogP contribution in [-0.4, -0.2) is 41.6 Å². The van der Waals surface area contributed by atoms with Crippen LogP contribution in [0.25, 0.3) is 11.5 Å². The van der Waals surface area contributed by atoms with Gasteiger partial charge in [0, 0.05) is 29.6 Å². The first kappa shape index (κ1) is 26.8. The van der Waals surface area contributed by atoms with Gasteiger partial charge in [-0.15, -0.1) is 0 Å². The highest BCUT2D eigenvalue weighted by Gasteiger charge is 2.71. The SMILES string of the molecule is COC(=O)c1oc(-c2ccccc2Cl)nc1CC1c2cc(C(O)(C(F)(F)F)C(F)(F)F)ccc2NC1C. The summed E-state index contributed by atoms with van der Waals surface area (Å²) in [5, 5.41) is 13.1. The van der Waals surface area contributed by atoms with Crippen molar-refractivity contribution in [1.82, 2.24) is 4.98 Å². The average molecular weight is 549 g/mol. The third-order valence-corrected chi connectivity index (χ3v) is 6.59. The van der Waals surface area contributed by atoms with Crippen molar-refractivity contribution in [3.63, 3.8) is 0 Å². The molecule has 6 nitrogen and oxygen atoms in total. The first-order chi connectivity index (χ1) is 17.2. The second kappa shape index (κ2) is 9.25. The molecule has 2 unspecified atom stereocenters. The van der Waals surface area contributed by atoms with Crippen molar-refractivity contribution >= 4 is 23.3 Å². The number of alkyl halides is 6. The molecule has 0 radical (unpaired) electrons. The number of hydrogen-bond donors (Lipinski definition) is 2. The van der Waals surface area contributed by atoms with Crippen LogP contribution in [0.4, 0.5) is 32.0 Å². The van der Waals surface area contributed by atoms with Gasteiger partial charge in [-0.25, -0.2) is 9.78 Å². The second-order valence-electron chi connectivity index (χ2n) is 8.52. The van der Waals surface area contributed by atoms with Crippen molar-refractivity contribution in [3.05, 3.63) is 70.1 Å². The predicted molar refractivity (Wildman–Crippen MR) is 120 cm³/mol. The van der Waals surface area contributed by atoms with Crippen LogP contribution in [0.3, 0.4) is 0 Å².